The molecular weight excluding hydrogens is 294 g/mol. The summed E-state index contributed by atoms with van der Waals surface area (Å²) in [6.07, 6.45) is 1.64. The molecule has 1 N–H and O–H groups in total. The normalized spacial score (nSPS) is 13.2. The molecule has 0 unspecified atom stereocenters. The molecule has 0 fully saturated rings. The molecular formula is C17H15N3O3. The van der Waals surface area contributed by atoms with Crippen LogP contribution >= 0.6 is 0 Å². The molecule has 2 heterocycles. The number of anilines is 1. The van der Waals surface area contributed by atoms with Crippen molar-refractivity contribution in [2.75, 3.05) is 11.9 Å². The van der Waals surface area contributed by atoms with Gasteiger partial charge in [-0.05, 0) is 36.8 Å². The highest BCUT2D eigenvalue weighted by Crippen LogP contribution is 2.22. The third kappa shape index (κ3) is 2.96. The molecule has 1 aliphatic heterocycles. The van der Waals surface area contributed by atoms with Gasteiger partial charge in [-0.1, -0.05) is 12.1 Å². The average Bonchev–Trinajstić information content (AvgIpc) is 2.77. The summed E-state index contributed by atoms with van der Waals surface area (Å²) in [6.45, 7) is 1.94. The first-order valence-corrected chi connectivity index (χ1v) is 7.24. The van der Waals surface area contributed by atoms with Crippen molar-refractivity contribution >= 4 is 23.5 Å². The van der Waals surface area contributed by atoms with Crippen molar-refractivity contribution in [1.82, 2.24) is 9.88 Å². The molecule has 1 aromatic heterocycles. The highest BCUT2D eigenvalue weighted by Gasteiger charge is 2.34. The maximum Gasteiger partial charge on any atom is 0.261 e. The molecule has 6 nitrogen and oxygen atoms in total. The van der Waals surface area contributed by atoms with Gasteiger partial charge >= 0.3 is 0 Å². The lowest BCUT2D eigenvalue weighted by molar-refractivity contribution is -0.116. The van der Waals surface area contributed by atoms with E-state index < -0.39 is 0 Å². The molecule has 1 aromatic carbocycles. The van der Waals surface area contributed by atoms with Crippen molar-refractivity contribution in [2.24, 2.45) is 0 Å². The highest BCUT2D eigenvalue weighted by molar-refractivity contribution is 6.21. The summed E-state index contributed by atoms with van der Waals surface area (Å²) in [7, 11) is 0. The van der Waals surface area contributed by atoms with Crippen molar-refractivity contribution in [3.05, 3.63) is 59.3 Å². The van der Waals surface area contributed by atoms with Gasteiger partial charge in [0.1, 0.15) is 5.82 Å². The zero-order valence-electron chi connectivity index (χ0n) is 12.6. The molecule has 23 heavy (non-hydrogen) atoms. The summed E-state index contributed by atoms with van der Waals surface area (Å²) in [5.41, 5.74) is 1.76. The Hall–Kier alpha value is -3.02. The number of nitrogens with one attached hydrogen (secondary N) is 1. The number of carbonyl (C=O) groups is 3. The van der Waals surface area contributed by atoms with Crippen LogP contribution < -0.4 is 5.32 Å². The molecule has 0 saturated heterocycles. The van der Waals surface area contributed by atoms with E-state index in [1.54, 1.807) is 36.5 Å². The fourth-order valence-corrected chi connectivity index (χ4v) is 2.47. The number of rotatable bonds is 4. The van der Waals surface area contributed by atoms with Gasteiger partial charge in [0.25, 0.3) is 11.8 Å². The van der Waals surface area contributed by atoms with Gasteiger partial charge < -0.3 is 5.32 Å². The predicted molar refractivity (Wildman–Crippen MR) is 84.0 cm³/mol. The Morgan fingerprint density at radius 3 is 2.39 bits per heavy atom. The number of fused-ring (bicyclic) bond motifs is 1. The third-order valence-electron chi connectivity index (χ3n) is 3.62. The topological polar surface area (TPSA) is 79.4 Å². The number of nitrogens with zero attached hydrogens (tertiary/aromatic N) is 2. The van der Waals surface area contributed by atoms with Crippen molar-refractivity contribution in [3.63, 3.8) is 0 Å². The Bertz CT molecular complexity index is 766. The minimum absolute atomic E-state index is 0.0289. The summed E-state index contributed by atoms with van der Waals surface area (Å²) < 4.78 is 0. The van der Waals surface area contributed by atoms with Crippen molar-refractivity contribution in [1.29, 1.82) is 0 Å². The summed E-state index contributed by atoms with van der Waals surface area (Å²) in [4.78, 5) is 41.5. The van der Waals surface area contributed by atoms with Crippen molar-refractivity contribution in [2.45, 2.75) is 13.3 Å². The van der Waals surface area contributed by atoms with Crippen LogP contribution in [0.4, 0.5) is 5.82 Å². The Labute approximate surface area is 133 Å². The summed E-state index contributed by atoms with van der Waals surface area (Å²) in [5, 5.41) is 2.66. The Kier molecular flexibility index (Phi) is 3.89. The first-order valence-electron chi connectivity index (χ1n) is 7.24. The van der Waals surface area contributed by atoms with Gasteiger partial charge in [-0.2, -0.15) is 0 Å². The van der Waals surface area contributed by atoms with Crippen LogP contribution in [0.15, 0.2) is 42.6 Å². The van der Waals surface area contributed by atoms with E-state index in [1.807, 2.05) is 13.0 Å². The number of imide groups is 1. The van der Waals surface area contributed by atoms with Gasteiger partial charge in [-0.25, -0.2) is 4.98 Å². The van der Waals surface area contributed by atoms with Crippen LogP contribution in [0.5, 0.6) is 0 Å². The number of amides is 3. The Morgan fingerprint density at radius 2 is 1.78 bits per heavy atom. The number of pyridine rings is 1. The number of hydrogen-bond donors (Lipinski definition) is 1. The molecule has 3 amide bonds. The average molecular weight is 309 g/mol. The maximum atomic E-state index is 12.2. The lowest BCUT2D eigenvalue weighted by atomic mass is 10.1. The molecule has 0 saturated carbocycles. The monoisotopic (exact) mass is 309 g/mol. The molecule has 116 valence electrons. The van der Waals surface area contributed by atoms with Gasteiger partial charge in [-0.3, -0.25) is 19.3 Å². The predicted octanol–water partition coefficient (Wildman–Crippen LogP) is 2.01. The van der Waals surface area contributed by atoms with E-state index in [2.05, 4.69) is 10.3 Å². The van der Waals surface area contributed by atoms with E-state index in [0.717, 1.165) is 10.5 Å². The lowest BCUT2D eigenvalue weighted by Crippen LogP contribution is -2.32. The molecule has 0 atom stereocenters. The van der Waals surface area contributed by atoms with Crippen molar-refractivity contribution < 1.29 is 14.4 Å². The Balaban J connectivity index is 1.62. The SMILES string of the molecule is Cc1ccnc(NC(=O)CCN2C(=O)c3ccccc3C2=O)c1. The number of aryl methyl sites for hydroxylation is 1. The van der Waals surface area contributed by atoms with Crippen LogP contribution in [0.25, 0.3) is 0 Å². The molecule has 1 aliphatic rings. The molecule has 0 bridgehead atoms. The second-order valence-electron chi connectivity index (χ2n) is 5.32. The second kappa shape index (κ2) is 6.00. The molecule has 2 aromatic rings. The van der Waals surface area contributed by atoms with E-state index in [0.29, 0.717) is 16.9 Å². The molecule has 3 rings (SSSR count). The van der Waals surface area contributed by atoms with Crippen LogP contribution in [-0.2, 0) is 4.79 Å². The lowest BCUT2D eigenvalue weighted by Gasteiger charge is -2.13. The zero-order valence-corrected chi connectivity index (χ0v) is 12.6. The van der Waals surface area contributed by atoms with E-state index >= 15 is 0 Å². The first kappa shape index (κ1) is 14.9. The number of carbonyl (C=O) groups excluding carboxylic acids is 3. The van der Waals surface area contributed by atoms with Crippen LogP contribution in [0.1, 0.15) is 32.7 Å². The zero-order chi connectivity index (χ0) is 16.4. The van der Waals surface area contributed by atoms with Gasteiger partial charge in [0.15, 0.2) is 0 Å². The molecule has 0 aliphatic carbocycles. The number of benzene rings is 1. The van der Waals surface area contributed by atoms with Gasteiger partial charge in [-0.15, -0.1) is 0 Å². The summed E-state index contributed by atoms with van der Waals surface area (Å²) in [6, 6.07) is 10.2. The number of aromatic nitrogens is 1. The van der Waals surface area contributed by atoms with E-state index in [-0.39, 0.29) is 30.7 Å². The maximum absolute atomic E-state index is 12.2. The standard InChI is InChI=1S/C17H15N3O3/c1-11-6-8-18-14(10-11)19-15(21)7-9-20-16(22)12-4-2-3-5-13(12)17(20)23/h2-6,8,10H,7,9H2,1H3,(H,18,19,21). The van der Waals surface area contributed by atoms with E-state index in [9.17, 15) is 14.4 Å². The molecule has 6 heteroatoms. The largest absolute Gasteiger partial charge is 0.311 e. The smallest absolute Gasteiger partial charge is 0.261 e. The first-order chi connectivity index (χ1) is 11.1. The van der Waals surface area contributed by atoms with E-state index in [4.69, 9.17) is 0 Å². The fourth-order valence-electron chi connectivity index (χ4n) is 2.47. The fraction of sp³-hybridized carbons (Fsp3) is 0.176. The van der Waals surface area contributed by atoms with Crippen LogP contribution in [0.3, 0.4) is 0 Å². The quantitative estimate of drug-likeness (QED) is 0.876. The van der Waals surface area contributed by atoms with E-state index in [1.165, 1.54) is 0 Å². The highest BCUT2D eigenvalue weighted by atomic mass is 16.2. The van der Waals surface area contributed by atoms with Gasteiger partial charge in [0.2, 0.25) is 5.91 Å². The second-order valence-corrected chi connectivity index (χ2v) is 5.32. The van der Waals surface area contributed by atoms with Gasteiger partial charge in [0, 0.05) is 19.2 Å². The van der Waals surface area contributed by atoms with Crippen LogP contribution in [0.2, 0.25) is 0 Å². The minimum atomic E-state index is -0.355. The Morgan fingerprint density at radius 1 is 1.13 bits per heavy atom. The summed E-state index contributed by atoms with van der Waals surface area (Å²) >= 11 is 0. The molecule has 0 radical (unpaired) electrons. The van der Waals surface area contributed by atoms with Gasteiger partial charge in [0.05, 0.1) is 11.1 Å². The third-order valence-corrected chi connectivity index (χ3v) is 3.62. The van der Waals surface area contributed by atoms with Crippen LogP contribution in [-0.4, -0.2) is 34.2 Å². The van der Waals surface area contributed by atoms with Crippen LogP contribution in [0, 0.1) is 6.92 Å². The summed E-state index contributed by atoms with van der Waals surface area (Å²) in [5.74, 6) is -0.545. The number of hydrogen-bond acceptors (Lipinski definition) is 4. The van der Waals surface area contributed by atoms with Crippen molar-refractivity contribution in [3.8, 4) is 0 Å². The molecule has 0 spiro atoms. The minimum Gasteiger partial charge on any atom is -0.311 e.